The second kappa shape index (κ2) is 4.73. The molecule has 4 aliphatic rings. The van der Waals surface area contributed by atoms with Gasteiger partial charge in [-0.1, -0.05) is 12.1 Å². The van der Waals surface area contributed by atoms with Crippen molar-refractivity contribution in [2.75, 3.05) is 5.43 Å². The van der Waals surface area contributed by atoms with Gasteiger partial charge in [0, 0.05) is 5.54 Å². The molecule has 112 valence electrons. The lowest BCUT2D eigenvalue weighted by Crippen LogP contribution is -2.59. The van der Waals surface area contributed by atoms with Gasteiger partial charge in [-0.2, -0.15) is 0 Å². The number of benzene rings is 1. The number of hydrogen-bond donors (Lipinski definition) is 3. The first-order valence-corrected chi connectivity index (χ1v) is 8.06. The Morgan fingerprint density at radius 2 is 1.62 bits per heavy atom. The van der Waals surface area contributed by atoms with Gasteiger partial charge in [0.2, 0.25) is 0 Å². The van der Waals surface area contributed by atoms with Crippen molar-refractivity contribution in [3.05, 3.63) is 29.8 Å². The highest BCUT2D eigenvalue weighted by atomic mass is 16.1. The first kappa shape index (κ1) is 13.1. The van der Waals surface area contributed by atoms with Crippen LogP contribution in [0.3, 0.4) is 0 Å². The summed E-state index contributed by atoms with van der Waals surface area (Å²) in [7, 11) is 0. The number of amides is 1. The van der Waals surface area contributed by atoms with Crippen LogP contribution in [0.15, 0.2) is 24.3 Å². The zero-order chi connectivity index (χ0) is 14.4. The zero-order valence-electron chi connectivity index (χ0n) is 12.3. The molecular weight excluding hydrogens is 262 g/mol. The fourth-order valence-corrected chi connectivity index (χ4v) is 5.38. The summed E-state index contributed by atoms with van der Waals surface area (Å²) in [5, 5.41) is 3.38. The number of para-hydroxylation sites is 1. The highest BCUT2D eigenvalue weighted by Crippen LogP contribution is 2.55. The maximum Gasteiger partial charge on any atom is 0.253 e. The minimum absolute atomic E-state index is 0.0190. The van der Waals surface area contributed by atoms with Gasteiger partial charge in [0.25, 0.3) is 5.91 Å². The molecule has 5 rings (SSSR count). The number of hydrazine groups is 1. The summed E-state index contributed by atoms with van der Waals surface area (Å²) in [4.78, 5) is 12.7. The largest absolute Gasteiger partial charge is 0.347 e. The molecule has 4 saturated carbocycles. The third kappa shape index (κ3) is 2.22. The van der Waals surface area contributed by atoms with Gasteiger partial charge >= 0.3 is 0 Å². The molecule has 0 unspecified atom stereocenters. The van der Waals surface area contributed by atoms with Gasteiger partial charge in [-0.05, 0) is 68.4 Å². The van der Waals surface area contributed by atoms with Crippen molar-refractivity contribution >= 4 is 11.6 Å². The van der Waals surface area contributed by atoms with E-state index in [2.05, 4.69) is 10.7 Å². The molecule has 4 bridgehead atoms. The van der Waals surface area contributed by atoms with Crippen LogP contribution in [0, 0.1) is 17.8 Å². The van der Waals surface area contributed by atoms with Crippen molar-refractivity contribution < 1.29 is 4.79 Å². The van der Waals surface area contributed by atoms with Crippen molar-refractivity contribution in [3.8, 4) is 0 Å². The highest BCUT2D eigenvalue weighted by molar-refractivity contribution is 6.00. The Morgan fingerprint density at radius 3 is 2.19 bits per heavy atom. The SMILES string of the molecule is NNc1ccccc1C(=O)NC12CC3CC(CC(C3)C1)C2. The predicted octanol–water partition coefficient (Wildman–Crippen LogP) is 2.67. The molecule has 4 heteroatoms. The summed E-state index contributed by atoms with van der Waals surface area (Å²) < 4.78 is 0. The number of hydrogen-bond acceptors (Lipinski definition) is 3. The molecule has 0 atom stereocenters. The van der Waals surface area contributed by atoms with Gasteiger partial charge in [-0.3, -0.25) is 10.6 Å². The van der Waals surface area contributed by atoms with Crippen LogP contribution >= 0.6 is 0 Å². The van der Waals surface area contributed by atoms with Crippen molar-refractivity contribution in [1.82, 2.24) is 5.32 Å². The number of nitrogens with one attached hydrogen (secondary N) is 2. The lowest BCUT2D eigenvalue weighted by Gasteiger charge is -2.56. The standard InChI is InChI=1S/C17H23N3O/c18-20-15-4-2-1-3-14(15)16(21)19-17-8-11-5-12(9-17)7-13(6-11)10-17/h1-4,11-13,20H,5-10,18H2,(H,19,21). The van der Waals surface area contributed by atoms with E-state index in [-0.39, 0.29) is 11.4 Å². The molecule has 4 N–H and O–H groups in total. The molecule has 1 amide bonds. The Labute approximate surface area is 125 Å². The number of nitrogen functional groups attached to an aromatic ring is 1. The lowest BCUT2D eigenvalue weighted by atomic mass is 9.53. The van der Waals surface area contributed by atoms with Crippen molar-refractivity contribution in [3.63, 3.8) is 0 Å². The van der Waals surface area contributed by atoms with E-state index in [4.69, 9.17) is 5.84 Å². The molecule has 4 nitrogen and oxygen atoms in total. The number of anilines is 1. The average Bonchev–Trinajstić information content (AvgIpc) is 2.45. The molecule has 4 aliphatic carbocycles. The molecule has 0 radical (unpaired) electrons. The fraction of sp³-hybridized carbons (Fsp3) is 0.588. The Morgan fingerprint density at radius 1 is 1.05 bits per heavy atom. The van der Waals surface area contributed by atoms with E-state index >= 15 is 0 Å². The first-order chi connectivity index (χ1) is 10.2. The summed E-state index contributed by atoms with van der Waals surface area (Å²) in [6.45, 7) is 0. The van der Waals surface area contributed by atoms with Gasteiger partial charge in [0.05, 0.1) is 11.3 Å². The summed E-state index contributed by atoms with van der Waals surface area (Å²) in [5.41, 5.74) is 4.02. The van der Waals surface area contributed by atoms with Crippen LogP contribution in [0.25, 0.3) is 0 Å². The minimum Gasteiger partial charge on any atom is -0.347 e. The van der Waals surface area contributed by atoms with E-state index in [9.17, 15) is 4.79 Å². The Hall–Kier alpha value is -1.55. The second-order valence-electron chi connectivity index (χ2n) is 7.34. The van der Waals surface area contributed by atoms with Crippen LogP contribution in [0.1, 0.15) is 48.9 Å². The van der Waals surface area contributed by atoms with Gasteiger partial charge in [0.1, 0.15) is 0 Å². The van der Waals surface area contributed by atoms with Gasteiger partial charge < -0.3 is 10.7 Å². The third-order valence-corrected chi connectivity index (χ3v) is 5.74. The number of rotatable bonds is 3. The van der Waals surface area contributed by atoms with E-state index in [1.807, 2.05) is 24.3 Å². The molecule has 0 saturated heterocycles. The lowest BCUT2D eigenvalue weighted by molar-refractivity contribution is -0.0166. The third-order valence-electron chi connectivity index (χ3n) is 5.74. The topological polar surface area (TPSA) is 67.1 Å². The summed E-state index contributed by atoms with van der Waals surface area (Å²) >= 11 is 0. The Kier molecular flexibility index (Phi) is 2.96. The van der Waals surface area contributed by atoms with Gasteiger partial charge in [0.15, 0.2) is 0 Å². The summed E-state index contributed by atoms with van der Waals surface area (Å²) in [5.74, 6) is 8.04. The van der Waals surface area contributed by atoms with E-state index in [0.717, 1.165) is 17.8 Å². The van der Waals surface area contributed by atoms with E-state index < -0.39 is 0 Å². The quantitative estimate of drug-likeness (QED) is 0.591. The van der Waals surface area contributed by atoms with Gasteiger partial charge in [-0.25, -0.2) is 0 Å². The molecule has 4 fully saturated rings. The monoisotopic (exact) mass is 285 g/mol. The van der Waals surface area contributed by atoms with Crippen molar-refractivity contribution in [1.29, 1.82) is 0 Å². The van der Waals surface area contributed by atoms with E-state index in [0.29, 0.717) is 11.3 Å². The van der Waals surface area contributed by atoms with Crippen LogP contribution in [-0.2, 0) is 0 Å². The maximum absolute atomic E-state index is 12.7. The van der Waals surface area contributed by atoms with Crippen LogP contribution in [0.5, 0.6) is 0 Å². The predicted molar refractivity (Wildman–Crippen MR) is 82.6 cm³/mol. The molecule has 0 spiro atoms. The molecule has 1 aromatic carbocycles. The molecule has 1 aromatic rings. The number of nitrogens with two attached hydrogens (primary N) is 1. The summed E-state index contributed by atoms with van der Waals surface area (Å²) in [6, 6.07) is 7.45. The molecule has 0 aliphatic heterocycles. The number of carbonyl (C=O) groups is 1. The van der Waals surface area contributed by atoms with Crippen LogP contribution in [0.4, 0.5) is 5.69 Å². The van der Waals surface area contributed by atoms with Gasteiger partial charge in [-0.15, -0.1) is 0 Å². The minimum atomic E-state index is 0.0190. The second-order valence-corrected chi connectivity index (χ2v) is 7.34. The van der Waals surface area contributed by atoms with E-state index in [1.165, 1.54) is 38.5 Å². The Balaban J connectivity index is 1.57. The Bertz CT molecular complexity index is 534. The normalized spacial score (nSPS) is 36.5. The smallest absolute Gasteiger partial charge is 0.253 e. The molecule has 0 aromatic heterocycles. The van der Waals surface area contributed by atoms with E-state index in [1.54, 1.807) is 0 Å². The average molecular weight is 285 g/mol. The van der Waals surface area contributed by atoms with Crippen molar-refractivity contribution in [2.45, 2.75) is 44.1 Å². The molecule has 0 heterocycles. The maximum atomic E-state index is 12.7. The van der Waals surface area contributed by atoms with Crippen LogP contribution < -0.4 is 16.6 Å². The first-order valence-electron chi connectivity index (χ1n) is 8.06. The van der Waals surface area contributed by atoms with Crippen LogP contribution in [0.2, 0.25) is 0 Å². The molecular formula is C17H23N3O. The summed E-state index contributed by atoms with van der Waals surface area (Å²) in [6.07, 6.45) is 7.66. The molecule has 21 heavy (non-hydrogen) atoms. The van der Waals surface area contributed by atoms with Crippen molar-refractivity contribution in [2.24, 2.45) is 23.6 Å². The van der Waals surface area contributed by atoms with Crippen LogP contribution in [-0.4, -0.2) is 11.4 Å². The highest BCUT2D eigenvalue weighted by Gasteiger charge is 2.51. The number of carbonyl (C=O) groups excluding carboxylic acids is 1. The zero-order valence-corrected chi connectivity index (χ0v) is 12.3. The fourth-order valence-electron chi connectivity index (χ4n) is 5.38.